The molecule has 0 aliphatic heterocycles. The number of carbonyl (C=O) groups is 1. The molecule has 1 N–H and O–H groups in total. The molecule has 0 aliphatic rings. The number of amides is 1. The number of carbonyl (C=O) groups excluding carboxylic acids is 1. The number of rotatable bonds is 7. The Morgan fingerprint density at radius 3 is 2.26 bits per heavy atom. The highest BCUT2D eigenvalue weighted by Gasteiger charge is 2.11. The van der Waals surface area contributed by atoms with Crippen molar-refractivity contribution in [1.29, 1.82) is 5.26 Å². The lowest BCUT2D eigenvalue weighted by Crippen LogP contribution is -2.13. The normalized spacial score (nSPS) is 10.8. The number of nitrogens with zero attached hydrogens (tertiary/aromatic N) is 1. The number of nitriles is 1. The molecule has 0 unspecified atom stereocenters. The van der Waals surface area contributed by atoms with Crippen molar-refractivity contribution in [3.8, 4) is 17.6 Å². The second-order valence-corrected chi connectivity index (χ2v) is 7.33. The summed E-state index contributed by atoms with van der Waals surface area (Å²) in [6.45, 7) is 0.343. The van der Waals surface area contributed by atoms with Gasteiger partial charge in [-0.15, -0.1) is 0 Å². The van der Waals surface area contributed by atoms with Crippen molar-refractivity contribution in [2.24, 2.45) is 0 Å². The first-order chi connectivity index (χ1) is 15.0. The third-order valence-electron chi connectivity index (χ3n) is 4.27. The third-order valence-corrected chi connectivity index (χ3v) is 4.78. The van der Waals surface area contributed by atoms with Crippen molar-refractivity contribution in [1.82, 2.24) is 0 Å². The van der Waals surface area contributed by atoms with Gasteiger partial charge in [0.05, 0.1) is 7.11 Å². The van der Waals surface area contributed by atoms with Gasteiger partial charge in [-0.1, -0.05) is 41.4 Å². The predicted molar refractivity (Wildman–Crippen MR) is 122 cm³/mol. The molecular formula is C24H18Cl2N2O3. The van der Waals surface area contributed by atoms with Gasteiger partial charge in [0, 0.05) is 15.7 Å². The monoisotopic (exact) mass is 452 g/mol. The Balaban J connectivity index is 1.74. The molecule has 0 spiro atoms. The summed E-state index contributed by atoms with van der Waals surface area (Å²) in [6.07, 6.45) is 1.48. The number of halogens is 2. The first kappa shape index (κ1) is 22.2. The summed E-state index contributed by atoms with van der Waals surface area (Å²) in [7, 11) is 1.52. The Bertz CT molecular complexity index is 1130. The fourth-order valence-electron chi connectivity index (χ4n) is 2.68. The van der Waals surface area contributed by atoms with E-state index in [2.05, 4.69) is 5.32 Å². The number of anilines is 1. The topological polar surface area (TPSA) is 71.3 Å². The zero-order chi connectivity index (χ0) is 22.2. The SMILES string of the molecule is COc1cc(/C=C(/C#N)C(=O)Nc2ccc(Cl)cc2)ccc1OCc1ccc(Cl)cc1. The summed E-state index contributed by atoms with van der Waals surface area (Å²) in [4.78, 5) is 12.4. The zero-order valence-corrected chi connectivity index (χ0v) is 18.1. The third kappa shape index (κ3) is 6.26. The van der Waals surface area contributed by atoms with E-state index >= 15 is 0 Å². The van der Waals surface area contributed by atoms with Gasteiger partial charge in [-0.05, 0) is 65.7 Å². The number of nitrogens with one attached hydrogen (secondary N) is 1. The number of hydrogen-bond acceptors (Lipinski definition) is 4. The molecule has 7 heteroatoms. The Labute approximate surface area is 190 Å². The molecule has 5 nitrogen and oxygen atoms in total. The smallest absolute Gasteiger partial charge is 0.266 e. The van der Waals surface area contributed by atoms with Gasteiger partial charge in [0.15, 0.2) is 11.5 Å². The number of hydrogen-bond donors (Lipinski definition) is 1. The van der Waals surface area contributed by atoms with Gasteiger partial charge in [0.25, 0.3) is 5.91 Å². The van der Waals surface area contributed by atoms with Gasteiger partial charge >= 0.3 is 0 Å². The Hall–Kier alpha value is -3.46. The lowest BCUT2D eigenvalue weighted by atomic mass is 10.1. The van der Waals surface area contributed by atoms with Crippen LogP contribution in [0.3, 0.4) is 0 Å². The molecule has 0 atom stereocenters. The number of ether oxygens (including phenoxy) is 2. The molecule has 0 radical (unpaired) electrons. The van der Waals surface area contributed by atoms with Crippen molar-refractivity contribution in [3.05, 3.63) is 93.5 Å². The van der Waals surface area contributed by atoms with E-state index in [4.69, 9.17) is 32.7 Å². The van der Waals surface area contributed by atoms with Gasteiger partial charge < -0.3 is 14.8 Å². The van der Waals surface area contributed by atoms with Crippen LogP contribution < -0.4 is 14.8 Å². The van der Waals surface area contributed by atoms with Crippen molar-refractivity contribution in [3.63, 3.8) is 0 Å². The van der Waals surface area contributed by atoms with E-state index < -0.39 is 5.91 Å². The fraction of sp³-hybridized carbons (Fsp3) is 0.0833. The first-order valence-electron chi connectivity index (χ1n) is 9.22. The maximum atomic E-state index is 12.4. The van der Waals surface area contributed by atoms with Crippen LogP contribution in [0.2, 0.25) is 10.0 Å². The minimum Gasteiger partial charge on any atom is -0.493 e. The molecule has 156 valence electrons. The molecule has 31 heavy (non-hydrogen) atoms. The summed E-state index contributed by atoms with van der Waals surface area (Å²) in [5, 5.41) is 13.3. The minimum atomic E-state index is -0.521. The molecule has 0 saturated carbocycles. The maximum Gasteiger partial charge on any atom is 0.266 e. The molecule has 0 bridgehead atoms. The van der Waals surface area contributed by atoms with Crippen molar-refractivity contribution >= 4 is 40.9 Å². The zero-order valence-electron chi connectivity index (χ0n) is 16.6. The lowest BCUT2D eigenvalue weighted by molar-refractivity contribution is -0.112. The Kier molecular flexibility index (Phi) is 7.55. The average molecular weight is 453 g/mol. The van der Waals surface area contributed by atoms with Gasteiger partial charge in [0.1, 0.15) is 18.2 Å². The summed E-state index contributed by atoms with van der Waals surface area (Å²) in [5.74, 6) is 0.503. The molecule has 1 amide bonds. The summed E-state index contributed by atoms with van der Waals surface area (Å²) in [6, 6.07) is 21.1. The van der Waals surface area contributed by atoms with Crippen LogP contribution in [0.1, 0.15) is 11.1 Å². The second-order valence-electron chi connectivity index (χ2n) is 6.46. The van der Waals surface area contributed by atoms with Gasteiger partial charge in [-0.2, -0.15) is 5.26 Å². The molecular weight excluding hydrogens is 435 g/mol. The Morgan fingerprint density at radius 1 is 1.00 bits per heavy atom. The van der Waals surface area contributed by atoms with E-state index in [0.29, 0.717) is 39.4 Å². The highest BCUT2D eigenvalue weighted by Crippen LogP contribution is 2.30. The van der Waals surface area contributed by atoms with Gasteiger partial charge in [0.2, 0.25) is 0 Å². The van der Waals surface area contributed by atoms with Crippen molar-refractivity contribution < 1.29 is 14.3 Å². The summed E-state index contributed by atoms with van der Waals surface area (Å²) < 4.78 is 11.2. The predicted octanol–water partition coefficient (Wildman–Crippen LogP) is 6.13. The summed E-state index contributed by atoms with van der Waals surface area (Å²) in [5.41, 5.74) is 2.07. The van der Waals surface area contributed by atoms with Crippen LogP contribution in [0.25, 0.3) is 6.08 Å². The largest absolute Gasteiger partial charge is 0.493 e. The second kappa shape index (κ2) is 10.5. The molecule has 0 heterocycles. The number of methoxy groups -OCH3 is 1. The van der Waals surface area contributed by atoms with E-state index in [9.17, 15) is 10.1 Å². The lowest BCUT2D eigenvalue weighted by Gasteiger charge is -2.12. The van der Waals surface area contributed by atoms with Crippen molar-refractivity contribution in [2.45, 2.75) is 6.61 Å². The Morgan fingerprint density at radius 2 is 1.65 bits per heavy atom. The molecule has 0 aromatic heterocycles. The molecule has 3 aromatic carbocycles. The van der Waals surface area contributed by atoms with Crippen LogP contribution in [0.4, 0.5) is 5.69 Å². The molecule has 3 aromatic rings. The molecule has 0 fully saturated rings. The minimum absolute atomic E-state index is 0.0492. The van der Waals surface area contributed by atoms with Crippen LogP contribution in [-0.4, -0.2) is 13.0 Å². The van der Waals surface area contributed by atoms with E-state index in [1.165, 1.54) is 13.2 Å². The van der Waals surface area contributed by atoms with Crippen LogP contribution in [0, 0.1) is 11.3 Å². The van der Waals surface area contributed by atoms with Crippen LogP contribution in [-0.2, 0) is 11.4 Å². The standard InChI is InChI=1S/C24H18Cl2N2O3/c1-30-23-13-17(4-11-22(23)31-15-16-2-5-19(25)6-3-16)12-18(14-27)24(29)28-21-9-7-20(26)8-10-21/h2-13H,15H2,1H3,(H,28,29)/b18-12-. The average Bonchev–Trinajstić information content (AvgIpc) is 2.78. The molecule has 0 saturated heterocycles. The van der Waals surface area contributed by atoms with Gasteiger partial charge in [-0.25, -0.2) is 0 Å². The number of benzene rings is 3. The first-order valence-corrected chi connectivity index (χ1v) is 9.98. The van der Waals surface area contributed by atoms with Crippen LogP contribution >= 0.6 is 23.2 Å². The molecule has 3 rings (SSSR count). The van der Waals surface area contributed by atoms with Crippen LogP contribution in [0.5, 0.6) is 11.5 Å². The van der Waals surface area contributed by atoms with Gasteiger partial charge in [-0.3, -0.25) is 4.79 Å². The van der Waals surface area contributed by atoms with E-state index in [1.54, 1.807) is 54.6 Å². The highest BCUT2D eigenvalue weighted by molar-refractivity contribution is 6.30. The van der Waals surface area contributed by atoms with Crippen LogP contribution in [0.15, 0.2) is 72.3 Å². The van der Waals surface area contributed by atoms with E-state index in [-0.39, 0.29) is 5.57 Å². The maximum absolute atomic E-state index is 12.4. The summed E-state index contributed by atoms with van der Waals surface area (Å²) >= 11 is 11.7. The fourth-order valence-corrected chi connectivity index (χ4v) is 2.93. The van der Waals surface area contributed by atoms with E-state index in [0.717, 1.165) is 5.56 Å². The highest BCUT2D eigenvalue weighted by atomic mass is 35.5. The quantitative estimate of drug-likeness (QED) is 0.345. The van der Waals surface area contributed by atoms with E-state index in [1.807, 2.05) is 18.2 Å². The van der Waals surface area contributed by atoms with Crippen molar-refractivity contribution in [2.75, 3.05) is 12.4 Å². The molecule has 0 aliphatic carbocycles.